The Bertz CT molecular complexity index is 397. The number of nitrogen functional groups attached to an aromatic ring is 1. The molecule has 1 aliphatic heterocycles. The summed E-state index contributed by atoms with van der Waals surface area (Å²) in [7, 11) is 0. The second-order valence-corrected chi connectivity index (χ2v) is 4.09. The molecule has 1 aromatic rings. The van der Waals surface area contributed by atoms with E-state index in [2.05, 4.69) is 5.32 Å². The lowest BCUT2D eigenvalue weighted by atomic mass is 10.1. The number of benzene rings is 1. The van der Waals surface area contributed by atoms with Crippen LogP contribution in [0.1, 0.15) is 19.3 Å². The summed E-state index contributed by atoms with van der Waals surface area (Å²) < 4.78 is 18.7. The summed E-state index contributed by atoms with van der Waals surface area (Å²) >= 11 is 0. The van der Waals surface area contributed by atoms with Crippen molar-refractivity contribution in [3.63, 3.8) is 0 Å². The van der Waals surface area contributed by atoms with Gasteiger partial charge in [0, 0.05) is 6.61 Å². The molecule has 3 N–H and O–H groups in total. The lowest BCUT2D eigenvalue weighted by molar-refractivity contribution is -0.118. The number of amides is 1. The predicted octanol–water partition coefficient (Wildman–Crippen LogP) is 1.92. The van der Waals surface area contributed by atoms with Crippen LogP contribution in [0.3, 0.4) is 0 Å². The van der Waals surface area contributed by atoms with Crippen molar-refractivity contribution in [2.75, 3.05) is 17.7 Å². The molecule has 0 saturated carbocycles. The van der Waals surface area contributed by atoms with Gasteiger partial charge in [0.25, 0.3) is 0 Å². The number of hydrogen-bond acceptors (Lipinski definition) is 3. The fourth-order valence-electron chi connectivity index (χ4n) is 1.88. The Kier molecular flexibility index (Phi) is 3.58. The molecule has 5 heteroatoms. The van der Waals surface area contributed by atoms with E-state index in [1.54, 1.807) is 6.07 Å². The average Bonchev–Trinajstić information content (AvgIpc) is 2.76. The second-order valence-electron chi connectivity index (χ2n) is 4.09. The van der Waals surface area contributed by atoms with Gasteiger partial charge in [-0.15, -0.1) is 0 Å². The maximum Gasteiger partial charge on any atom is 0.227 e. The summed E-state index contributed by atoms with van der Waals surface area (Å²) in [4.78, 5) is 11.7. The Morgan fingerprint density at radius 2 is 2.41 bits per heavy atom. The Labute approximate surface area is 98.9 Å². The first-order chi connectivity index (χ1) is 8.16. The van der Waals surface area contributed by atoms with Gasteiger partial charge in [-0.05, 0) is 25.0 Å². The van der Waals surface area contributed by atoms with E-state index < -0.39 is 5.82 Å². The number of para-hydroxylation sites is 1. The number of carbonyl (C=O) groups excluding carboxylic acids is 1. The molecule has 0 aromatic heterocycles. The molecule has 92 valence electrons. The highest BCUT2D eigenvalue weighted by Crippen LogP contribution is 2.23. The number of carbonyl (C=O) groups is 1. The first kappa shape index (κ1) is 11.9. The molecular formula is C12H15FN2O2. The number of nitrogens with one attached hydrogen (secondary N) is 1. The lowest BCUT2D eigenvalue weighted by Gasteiger charge is -2.11. The number of anilines is 2. The molecule has 1 saturated heterocycles. The van der Waals surface area contributed by atoms with Crippen molar-refractivity contribution in [3.05, 3.63) is 24.0 Å². The molecule has 17 heavy (non-hydrogen) atoms. The van der Waals surface area contributed by atoms with Gasteiger partial charge in [-0.3, -0.25) is 4.79 Å². The van der Waals surface area contributed by atoms with Crippen LogP contribution in [0.4, 0.5) is 15.8 Å². The fourth-order valence-corrected chi connectivity index (χ4v) is 1.88. The predicted molar refractivity (Wildman–Crippen MR) is 63.0 cm³/mol. The smallest absolute Gasteiger partial charge is 0.227 e. The van der Waals surface area contributed by atoms with Gasteiger partial charge >= 0.3 is 0 Å². The zero-order valence-electron chi connectivity index (χ0n) is 9.41. The molecule has 1 heterocycles. The minimum absolute atomic E-state index is 0.0514. The van der Waals surface area contributed by atoms with E-state index in [1.165, 1.54) is 12.1 Å². The summed E-state index contributed by atoms with van der Waals surface area (Å²) in [5.41, 5.74) is 5.87. The third-order valence-corrected chi connectivity index (χ3v) is 2.75. The molecule has 0 radical (unpaired) electrons. The van der Waals surface area contributed by atoms with Crippen LogP contribution in [0.5, 0.6) is 0 Å². The van der Waals surface area contributed by atoms with E-state index in [0.717, 1.165) is 12.8 Å². The van der Waals surface area contributed by atoms with Crippen LogP contribution in [0.2, 0.25) is 0 Å². The van der Waals surface area contributed by atoms with E-state index >= 15 is 0 Å². The third-order valence-electron chi connectivity index (χ3n) is 2.75. The highest BCUT2D eigenvalue weighted by Gasteiger charge is 2.20. The van der Waals surface area contributed by atoms with E-state index in [1.807, 2.05) is 0 Å². The molecule has 1 atom stereocenters. The van der Waals surface area contributed by atoms with Gasteiger partial charge in [0.1, 0.15) is 11.5 Å². The van der Waals surface area contributed by atoms with Crippen LogP contribution in [0.15, 0.2) is 18.2 Å². The van der Waals surface area contributed by atoms with Crippen LogP contribution in [-0.4, -0.2) is 18.6 Å². The van der Waals surface area contributed by atoms with Crippen LogP contribution < -0.4 is 11.1 Å². The normalized spacial score (nSPS) is 19.2. The van der Waals surface area contributed by atoms with E-state index in [-0.39, 0.29) is 29.8 Å². The summed E-state index contributed by atoms with van der Waals surface area (Å²) in [5, 5.41) is 2.49. The zero-order valence-corrected chi connectivity index (χ0v) is 9.41. The van der Waals surface area contributed by atoms with Crippen LogP contribution in [0.25, 0.3) is 0 Å². The standard InChI is InChI=1S/C12H15FN2O2/c13-9-4-1-5-10(14)12(9)15-11(16)7-8-3-2-6-17-8/h1,4-5,8H,2-3,6-7,14H2,(H,15,16). The monoisotopic (exact) mass is 238 g/mol. The highest BCUT2D eigenvalue weighted by molar-refractivity contribution is 5.94. The van der Waals surface area contributed by atoms with Crippen molar-refractivity contribution in [2.24, 2.45) is 0 Å². The number of hydrogen-bond donors (Lipinski definition) is 2. The van der Waals surface area contributed by atoms with Crippen molar-refractivity contribution < 1.29 is 13.9 Å². The topological polar surface area (TPSA) is 64.3 Å². The van der Waals surface area contributed by atoms with Crippen molar-refractivity contribution in [3.8, 4) is 0 Å². The molecule has 1 amide bonds. The minimum Gasteiger partial charge on any atom is -0.397 e. The molecule has 1 aliphatic rings. The molecule has 0 aliphatic carbocycles. The van der Waals surface area contributed by atoms with Gasteiger partial charge in [-0.25, -0.2) is 4.39 Å². The molecule has 2 rings (SSSR count). The van der Waals surface area contributed by atoms with Gasteiger partial charge in [-0.1, -0.05) is 6.07 Å². The first-order valence-electron chi connectivity index (χ1n) is 5.62. The van der Waals surface area contributed by atoms with Gasteiger partial charge in [0.05, 0.1) is 18.2 Å². The Morgan fingerprint density at radius 1 is 1.59 bits per heavy atom. The lowest BCUT2D eigenvalue weighted by Crippen LogP contribution is -2.20. The van der Waals surface area contributed by atoms with Crippen molar-refractivity contribution in [1.29, 1.82) is 0 Å². The maximum absolute atomic E-state index is 13.4. The van der Waals surface area contributed by atoms with Crippen LogP contribution in [-0.2, 0) is 9.53 Å². The molecule has 1 unspecified atom stereocenters. The van der Waals surface area contributed by atoms with E-state index in [0.29, 0.717) is 6.61 Å². The molecule has 1 fully saturated rings. The summed E-state index contributed by atoms with van der Waals surface area (Å²) in [6, 6.07) is 4.31. The average molecular weight is 238 g/mol. The Morgan fingerprint density at radius 3 is 3.06 bits per heavy atom. The Hall–Kier alpha value is -1.62. The van der Waals surface area contributed by atoms with Crippen molar-refractivity contribution >= 4 is 17.3 Å². The van der Waals surface area contributed by atoms with Gasteiger partial charge in [0.2, 0.25) is 5.91 Å². The van der Waals surface area contributed by atoms with Crippen LogP contribution >= 0.6 is 0 Å². The maximum atomic E-state index is 13.4. The number of nitrogens with two attached hydrogens (primary N) is 1. The van der Waals surface area contributed by atoms with Gasteiger partial charge < -0.3 is 15.8 Å². The van der Waals surface area contributed by atoms with Gasteiger partial charge in [-0.2, -0.15) is 0 Å². The minimum atomic E-state index is -0.523. The Balaban J connectivity index is 1.97. The summed E-state index contributed by atoms with van der Waals surface area (Å²) in [6.07, 6.45) is 2.04. The number of rotatable bonds is 3. The van der Waals surface area contributed by atoms with E-state index in [4.69, 9.17) is 10.5 Å². The molecule has 0 spiro atoms. The molecule has 4 nitrogen and oxygen atoms in total. The SMILES string of the molecule is Nc1cccc(F)c1NC(=O)CC1CCCO1. The summed E-state index contributed by atoms with van der Waals surface area (Å²) in [5.74, 6) is -0.792. The van der Waals surface area contributed by atoms with E-state index in [9.17, 15) is 9.18 Å². The second kappa shape index (κ2) is 5.14. The van der Waals surface area contributed by atoms with Crippen LogP contribution in [0, 0.1) is 5.82 Å². The molecule has 0 bridgehead atoms. The zero-order chi connectivity index (χ0) is 12.3. The molecular weight excluding hydrogens is 223 g/mol. The first-order valence-corrected chi connectivity index (χ1v) is 5.62. The summed E-state index contributed by atoms with van der Waals surface area (Å²) in [6.45, 7) is 0.694. The molecule has 1 aromatic carbocycles. The number of ether oxygens (including phenoxy) is 1. The third kappa shape index (κ3) is 2.94. The quantitative estimate of drug-likeness (QED) is 0.791. The number of halogens is 1. The van der Waals surface area contributed by atoms with Crippen molar-refractivity contribution in [1.82, 2.24) is 0 Å². The fraction of sp³-hybridized carbons (Fsp3) is 0.417. The van der Waals surface area contributed by atoms with Gasteiger partial charge in [0.15, 0.2) is 0 Å². The van der Waals surface area contributed by atoms with Crippen molar-refractivity contribution in [2.45, 2.75) is 25.4 Å². The highest BCUT2D eigenvalue weighted by atomic mass is 19.1. The largest absolute Gasteiger partial charge is 0.397 e.